The molecule has 1 aromatic carbocycles. The number of hydrogen-bond acceptors (Lipinski definition) is 3. The lowest BCUT2D eigenvalue weighted by atomic mass is 9.78. The second-order valence-electron chi connectivity index (χ2n) is 7.70. The summed E-state index contributed by atoms with van der Waals surface area (Å²) in [4.78, 5) is 0. The third-order valence-electron chi connectivity index (χ3n) is 5.43. The minimum atomic E-state index is -0.282. The molecule has 0 radical (unpaired) electrons. The quantitative estimate of drug-likeness (QED) is 0.867. The zero-order valence-electron chi connectivity index (χ0n) is 14.3. The Hall–Kier alpha value is -0.835. The van der Waals surface area contributed by atoms with E-state index in [0.717, 1.165) is 12.0 Å². The van der Waals surface area contributed by atoms with Crippen LogP contribution >= 0.6 is 0 Å². The Balaban J connectivity index is 1.66. The van der Waals surface area contributed by atoms with E-state index in [-0.39, 0.29) is 18.3 Å². The van der Waals surface area contributed by atoms with E-state index in [9.17, 15) is 0 Å². The average molecular weight is 301 g/mol. The van der Waals surface area contributed by atoms with Gasteiger partial charge in [0.05, 0.1) is 11.2 Å². The highest BCUT2D eigenvalue weighted by Gasteiger charge is 2.51. The Morgan fingerprint density at radius 1 is 1.09 bits per heavy atom. The van der Waals surface area contributed by atoms with E-state index in [1.165, 1.54) is 31.2 Å². The third-order valence-corrected chi connectivity index (χ3v) is 5.43. The molecule has 1 aliphatic carbocycles. The SMILES string of the molecule is CC1(C)OB(c2cccc(CNC3CCCC3)c2)OC1(C)C. The van der Waals surface area contributed by atoms with Gasteiger partial charge >= 0.3 is 7.12 Å². The van der Waals surface area contributed by atoms with Crippen molar-refractivity contribution in [3.63, 3.8) is 0 Å². The predicted octanol–water partition coefficient (Wildman–Crippen LogP) is 3.02. The minimum absolute atomic E-state index is 0.267. The van der Waals surface area contributed by atoms with Gasteiger partial charge in [0.15, 0.2) is 0 Å². The number of rotatable bonds is 4. The van der Waals surface area contributed by atoms with E-state index < -0.39 is 0 Å². The monoisotopic (exact) mass is 301 g/mol. The van der Waals surface area contributed by atoms with Crippen molar-refractivity contribution in [2.75, 3.05) is 0 Å². The topological polar surface area (TPSA) is 30.5 Å². The maximum atomic E-state index is 6.14. The molecule has 22 heavy (non-hydrogen) atoms. The minimum Gasteiger partial charge on any atom is -0.399 e. The van der Waals surface area contributed by atoms with E-state index in [1.807, 2.05) is 0 Å². The standard InChI is InChI=1S/C18H28BNO2/c1-17(2)18(3,4)22-19(21-17)15-9-7-8-14(12-15)13-20-16-10-5-6-11-16/h7-9,12,16,20H,5-6,10-11,13H2,1-4H3. The van der Waals surface area contributed by atoms with Gasteiger partial charge < -0.3 is 14.6 Å². The molecule has 0 spiro atoms. The first-order valence-electron chi connectivity index (χ1n) is 8.55. The lowest BCUT2D eigenvalue weighted by Crippen LogP contribution is -2.41. The molecule has 3 nitrogen and oxygen atoms in total. The van der Waals surface area contributed by atoms with Crippen molar-refractivity contribution < 1.29 is 9.31 Å². The van der Waals surface area contributed by atoms with Crippen molar-refractivity contribution in [1.82, 2.24) is 5.32 Å². The fourth-order valence-electron chi connectivity index (χ4n) is 3.22. The Morgan fingerprint density at radius 2 is 1.73 bits per heavy atom. The van der Waals surface area contributed by atoms with Gasteiger partial charge in [0.25, 0.3) is 0 Å². The van der Waals surface area contributed by atoms with Crippen LogP contribution in [0.3, 0.4) is 0 Å². The highest BCUT2D eigenvalue weighted by molar-refractivity contribution is 6.62. The van der Waals surface area contributed by atoms with E-state index >= 15 is 0 Å². The van der Waals surface area contributed by atoms with E-state index in [2.05, 4.69) is 57.3 Å². The third kappa shape index (κ3) is 3.24. The van der Waals surface area contributed by atoms with Gasteiger partial charge in [0, 0.05) is 12.6 Å². The van der Waals surface area contributed by atoms with Crippen LogP contribution < -0.4 is 10.8 Å². The van der Waals surface area contributed by atoms with Crippen LogP contribution in [0.15, 0.2) is 24.3 Å². The molecule has 2 fully saturated rings. The first kappa shape index (κ1) is 16.0. The van der Waals surface area contributed by atoms with E-state index in [4.69, 9.17) is 9.31 Å². The van der Waals surface area contributed by atoms with Crippen LogP contribution in [0.1, 0.15) is 58.9 Å². The summed E-state index contributed by atoms with van der Waals surface area (Å²) in [6.45, 7) is 9.31. The highest BCUT2D eigenvalue weighted by Crippen LogP contribution is 2.36. The van der Waals surface area contributed by atoms with Crippen LogP contribution in [0.25, 0.3) is 0 Å². The van der Waals surface area contributed by atoms with Gasteiger partial charge in [-0.2, -0.15) is 0 Å². The summed E-state index contributed by atoms with van der Waals surface area (Å²) in [5.41, 5.74) is 1.86. The molecule has 1 aliphatic heterocycles. The zero-order valence-corrected chi connectivity index (χ0v) is 14.3. The van der Waals surface area contributed by atoms with Crippen molar-refractivity contribution in [2.45, 2.75) is 77.2 Å². The maximum absolute atomic E-state index is 6.14. The van der Waals surface area contributed by atoms with Crippen molar-refractivity contribution >= 4 is 12.6 Å². The summed E-state index contributed by atoms with van der Waals surface area (Å²) in [5, 5.41) is 3.67. The van der Waals surface area contributed by atoms with Crippen LogP contribution in [0.4, 0.5) is 0 Å². The van der Waals surface area contributed by atoms with Crippen LogP contribution in [0, 0.1) is 0 Å². The first-order chi connectivity index (χ1) is 10.4. The summed E-state index contributed by atoms with van der Waals surface area (Å²) >= 11 is 0. The molecule has 4 heteroatoms. The van der Waals surface area contributed by atoms with Gasteiger partial charge in [-0.1, -0.05) is 37.1 Å². The molecule has 0 aromatic heterocycles. The second kappa shape index (κ2) is 5.99. The number of benzene rings is 1. The molecule has 0 unspecified atom stereocenters. The van der Waals surface area contributed by atoms with Crippen LogP contribution in [0.5, 0.6) is 0 Å². The largest absolute Gasteiger partial charge is 0.494 e. The predicted molar refractivity (Wildman–Crippen MR) is 91.3 cm³/mol. The Kier molecular flexibility index (Phi) is 4.37. The molecule has 3 rings (SSSR count). The molecule has 1 saturated carbocycles. The van der Waals surface area contributed by atoms with Gasteiger partial charge in [-0.3, -0.25) is 0 Å². The van der Waals surface area contributed by atoms with Crippen molar-refractivity contribution in [3.05, 3.63) is 29.8 Å². The van der Waals surface area contributed by atoms with E-state index in [1.54, 1.807) is 0 Å². The summed E-state index contributed by atoms with van der Waals surface area (Å²) in [6, 6.07) is 9.29. The molecule has 0 atom stereocenters. The van der Waals surface area contributed by atoms with Gasteiger partial charge in [-0.15, -0.1) is 0 Å². The fraction of sp³-hybridized carbons (Fsp3) is 0.667. The van der Waals surface area contributed by atoms with Gasteiger partial charge in [0.1, 0.15) is 0 Å². The normalized spacial score (nSPS) is 24.1. The highest BCUT2D eigenvalue weighted by atomic mass is 16.7. The van der Waals surface area contributed by atoms with Gasteiger partial charge in [-0.25, -0.2) is 0 Å². The molecule has 1 saturated heterocycles. The Labute approximate surface area is 134 Å². The molecule has 2 aliphatic rings. The lowest BCUT2D eigenvalue weighted by Gasteiger charge is -2.32. The molecule has 0 amide bonds. The van der Waals surface area contributed by atoms with E-state index in [0.29, 0.717) is 6.04 Å². The first-order valence-corrected chi connectivity index (χ1v) is 8.55. The summed E-state index contributed by atoms with van der Waals surface area (Å²) < 4.78 is 12.3. The molecule has 0 bridgehead atoms. The Morgan fingerprint density at radius 3 is 2.36 bits per heavy atom. The molecular weight excluding hydrogens is 273 g/mol. The molecule has 1 N–H and O–H groups in total. The second-order valence-corrected chi connectivity index (χ2v) is 7.70. The van der Waals surface area contributed by atoms with Crippen LogP contribution in [-0.4, -0.2) is 24.4 Å². The Bertz CT molecular complexity index is 508. The number of hydrogen-bond donors (Lipinski definition) is 1. The smallest absolute Gasteiger partial charge is 0.399 e. The van der Waals surface area contributed by atoms with Crippen LogP contribution in [0.2, 0.25) is 0 Å². The molecule has 1 aromatic rings. The maximum Gasteiger partial charge on any atom is 0.494 e. The molecular formula is C18H28BNO2. The zero-order chi connectivity index (χ0) is 15.8. The van der Waals surface area contributed by atoms with Gasteiger partial charge in [-0.05, 0) is 51.6 Å². The van der Waals surface area contributed by atoms with Crippen molar-refractivity contribution in [2.24, 2.45) is 0 Å². The number of nitrogens with one attached hydrogen (secondary N) is 1. The molecule has 120 valence electrons. The summed E-state index contributed by atoms with van der Waals surface area (Å²) in [5.74, 6) is 0. The van der Waals surface area contributed by atoms with Crippen LogP contribution in [-0.2, 0) is 15.9 Å². The fourth-order valence-corrected chi connectivity index (χ4v) is 3.22. The van der Waals surface area contributed by atoms with Crippen molar-refractivity contribution in [3.8, 4) is 0 Å². The van der Waals surface area contributed by atoms with Crippen molar-refractivity contribution in [1.29, 1.82) is 0 Å². The molecule has 1 heterocycles. The lowest BCUT2D eigenvalue weighted by molar-refractivity contribution is 0.00578. The van der Waals surface area contributed by atoms with Gasteiger partial charge in [0.2, 0.25) is 0 Å². The summed E-state index contributed by atoms with van der Waals surface area (Å²) in [7, 11) is -0.267. The average Bonchev–Trinajstić information content (AvgIpc) is 3.04. The summed E-state index contributed by atoms with van der Waals surface area (Å²) in [6.07, 6.45) is 5.37.